The van der Waals surface area contributed by atoms with Crippen LogP contribution in [0.2, 0.25) is 0 Å². The summed E-state index contributed by atoms with van der Waals surface area (Å²) in [4.78, 5) is 4.02. The SMILES string of the molecule is C=S(c1ncn[nH]1)C(C)C. The number of rotatable bonds is 2. The van der Waals surface area contributed by atoms with E-state index in [1.165, 1.54) is 6.33 Å². The molecule has 0 aliphatic carbocycles. The van der Waals surface area contributed by atoms with Gasteiger partial charge in [-0.25, -0.2) is 4.98 Å². The molecule has 1 aromatic rings. The molecule has 1 N–H and O–H groups in total. The molecule has 0 bridgehead atoms. The lowest BCUT2D eigenvalue weighted by atomic mass is 10.6. The third kappa shape index (κ3) is 1.44. The second kappa shape index (κ2) is 2.96. The highest BCUT2D eigenvalue weighted by Crippen LogP contribution is 2.24. The van der Waals surface area contributed by atoms with Gasteiger partial charge in [-0.2, -0.15) is 5.10 Å². The second-order valence-electron chi connectivity index (χ2n) is 2.27. The number of aromatic nitrogens is 3. The first-order valence-corrected chi connectivity index (χ1v) is 4.55. The van der Waals surface area contributed by atoms with Crippen molar-refractivity contribution in [3.05, 3.63) is 6.33 Å². The van der Waals surface area contributed by atoms with Gasteiger partial charge in [-0.15, -0.1) is 10.5 Å². The minimum absolute atomic E-state index is 0.0332. The fourth-order valence-electron chi connectivity index (χ4n) is 0.544. The fourth-order valence-corrected chi connectivity index (χ4v) is 1.34. The summed E-state index contributed by atoms with van der Waals surface area (Å²) in [7, 11) is -0.0332. The quantitative estimate of drug-likeness (QED) is 0.657. The molecule has 1 atom stereocenters. The van der Waals surface area contributed by atoms with Crippen molar-refractivity contribution in [1.29, 1.82) is 0 Å². The van der Waals surface area contributed by atoms with Crippen LogP contribution in [0.5, 0.6) is 0 Å². The first kappa shape index (κ1) is 7.47. The maximum atomic E-state index is 4.02. The summed E-state index contributed by atoms with van der Waals surface area (Å²) in [6.07, 6.45) is 1.52. The Labute approximate surface area is 62.8 Å². The lowest BCUT2D eigenvalue weighted by molar-refractivity contribution is 0.960. The third-order valence-electron chi connectivity index (χ3n) is 1.21. The molecule has 56 valence electrons. The molecule has 0 fully saturated rings. The molecule has 0 aliphatic heterocycles. The van der Waals surface area contributed by atoms with Crippen molar-refractivity contribution >= 4 is 16.4 Å². The van der Waals surface area contributed by atoms with Crippen LogP contribution in [0.3, 0.4) is 0 Å². The lowest BCUT2D eigenvalue weighted by Crippen LogP contribution is -1.91. The molecule has 0 saturated heterocycles. The van der Waals surface area contributed by atoms with E-state index in [1.54, 1.807) is 0 Å². The largest absolute Gasteiger partial charge is 0.255 e. The minimum atomic E-state index is -0.0332. The molecular weight excluding hydrogens is 146 g/mol. The van der Waals surface area contributed by atoms with E-state index in [0.29, 0.717) is 5.25 Å². The van der Waals surface area contributed by atoms with E-state index >= 15 is 0 Å². The molecule has 0 saturated carbocycles. The van der Waals surface area contributed by atoms with E-state index in [4.69, 9.17) is 0 Å². The first-order valence-electron chi connectivity index (χ1n) is 3.10. The van der Waals surface area contributed by atoms with Gasteiger partial charge in [-0.3, -0.25) is 5.10 Å². The van der Waals surface area contributed by atoms with Gasteiger partial charge in [0.05, 0.1) is 0 Å². The van der Waals surface area contributed by atoms with E-state index in [-0.39, 0.29) is 10.5 Å². The molecule has 0 amide bonds. The average molecular weight is 157 g/mol. The molecule has 1 rings (SSSR count). The van der Waals surface area contributed by atoms with Crippen molar-refractivity contribution < 1.29 is 0 Å². The van der Waals surface area contributed by atoms with Crippen LogP contribution in [0.15, 0.2) is 11.5 Å². The standard InChI is InChI=1S/C6H11N3S/c1-5(2)10(3)6-7-4-8-9-6/h4-5H,3H2,1-2H3,(H,7,8,9). The summed E-state index contributed by atoms with van der Waals surface area (Å²) in [6, 6.07) is 0. The number of aromatic amines is 1. The summed E-state index contributed by atoms with van der Waals surface area (Å²) in [6.45, 7) is 4.25. The molecule has 0 aliphatic rings. The Morgan fingerprint density at radius 2 is 2.40 bits per heavy atom. The van der Waals surface area contributed by atoms with Gasteiger partial charge in [-0.1, -0.05) is 19.7 Å². The van der Waals surface area contributed by atoms with Gasteiger partial charge in [0.15, 0.2) is 5.16 Å². The van der Waals surface area contributed by atoms with Crippen LogP contribution in [0, 0.1) is 0 Å². The maximum Gasteiger partial charge on any atom is 0.177 e. The van der Waals surface area contributed by atoms with Crippen molar-refractivity contribution in [3.63, 3.8) is 0 Å². The maximum absolute atomic E-state index is 4.02. The van der Waals surface area contributed by atoms with E-state index in [2.05, 4.69) is 34.9 Å². The van der Waals surface area contributed by atoms with Crippen LogP contribution in [-0.4, -0.2) is 26.3 Å². The molecule has 1 aromatic heterocycles. The van der Waals surface area contributed by atoms with Crippen LogP contribution in [0.25, 0.3) is 0 Å². The van der Waals surface area contributed by atoms with Gasteiger partial charge in [0.2, 0.25) is 0 Å². The zero-order valence-electron chi connectivity index (χ0n) is 6.16. The molecule has 0 aromatic carbocycles. The Morgan fingerprint density at radius 1 is 1.70 bits per heavy atom. The number of H-pyrrole nitrogens is 1. The predicted molar refractivity (Wildman–Crippen MR) is 44.5 cm³/mol. The molecule has 1 heterocycles. The van der Waals surface area contributed by atoms with Crippen LogP contribution >= 0.6 is 10.5 Å². The molecule has 1 unspecified atom stereocenters. The summed E-state index contributed by atoms with van der Waals surface area (Å²) >= 11 is 0. The smallest absolute Gasteiger partial charge is 0.177 e. The summed E-state index contributed by atoms with van der Waals surface area (Å²) in [5.41, 5.74) is 0. The third-order valence-corrected chi connectivity index (χ3v) is 3.04. The molecule has 0 spiro atoms. The van der Waals surface area contributed by atoms with Crippen LogP contribution in [0.4, 0.5) is 0 Å². The number of nitrogens with zero attached hydrogens (tertiary/aromatic N) is 2. The zero-order chi connectivity index (χ0) is 7.56. The molecular formula is C6H11N3S. The fraction of sp³-hybridized carbons (Fsp3) is 0.500. The highest BCUT2D eigenvalue weighted by molar-refractivity contribution is 8.14. The Hall–Kier alpha value is -0.640. The average Bonchev–Trinajstić information content (AvgIpc) is 2.36. The van der Waals surface area contributed by atoms with Crippen molar-refractivity contribution in [3.8, 4) is 0 Å². The van der Waals surface area contributed by atoms with Gasteiger partial charge in [0.1, 0.15) is 6.33 Å². The molecule has 4 heteroatoms. The minimum Gasteiger partial charge on any atom is -0.255 e. The second-order valence-corrected chi connectivity index (χ2v) is 4.46. The Kier molecular flexibility index (Phi) is 2.21. The zero-order valence-corrected chi connectivity index (χ0v) is 6.98. The van der Waals surface area contributed by atoms with E-state index in [1.807, 2.05) is 0 Å². The monoisotopic (exact) mass is 157 g/mol. The number of hydrogen-bond donors (Lipinski definition) is 1. The first-order chi connectivity index (χ1) is 4.72. The van der Waals surface area contributed by atoms with E-state index < -0.39 is 0 Å². The molecule has 10 heavy (non-hydrogen) atoms. The van der Waals surface area contributed by atoms with Crippen LogP contribution in [0.1, 0.15) is 13.8 Å². The Morgan fingerprint density at radius 3 is 2.80 bits per heavy atom. The van der Waals surface area contributed by atoms with Crippen molar-refractivity contribution in [1.82, 2.24) is 15.2 Å². The van der Waals surface area contributed by atoms with Gasteiger partial charge < -0.3 is 0 Å². The topological polar surface area (TPSA) is 41.6 Å². The van der Waals surface area contributed by atoms with Crippen molar-refractivity contribution in [2.45, 2.75) is 24.3 Å². The Balaban J connectivity index is 2.78. The predicted octanol–water partition coefficient (Wildman–Crippen LogP) is 1.27. The van der Waals surface area contributed by atoms with Gasteiger partial charge >= 0.3 is 0 Å². The molecule has 0 radical (unpaired) electrons. The summed E-state index contributed by atoms with van der Waals surface area (Å²) in [5.74, 6) is 3.97. The lowest BCUT2D eigenvalue weighted by Gasteiger charge is -2.05. The highest BCUT2D eigenvalue weighted by atomic mass is 32.2. The summed E-state index contributed by atoms with van der Waals surface area (Å²) in [5, 5.41) is 8.00. The number of nitrogens with one attached hydrogen (secondary N) is 1. The van der Waals surface area contributed by atoms with Crippen LogP contribution in [-0.2, 0) is 0 Å². The molecule has 3 nitrogen and oxygen atoms in total. The van der Waals surface area contributed by atoms with Gasteiger partial charge in [0, 0.05) is 5.25 Å². The highest BCUT2D eigenvalue weighted by Gasteiger charge is 2.02. The van der Waals surface area contributed by atoms with E-state index in [9.17, 15) is 0 Å². The normalized spacial score (nSPS) is 13.9. The number of hydrogen-bond acceptors (Lipinski definition) is 2. The Bertz CT molecular complexity index is 215. The van der Waals surface area contributed by atoms with Crippen LogP contribution < -0.4 is 0 Å². The summed E-state index contributed by atoms with van der Waals surface area (Å²) < 4.78 is 0. The van der Waals surface area contributed by atoms with Gasteiger partial charge in [0.25, 0.3) is 0 Å². The van der Waals surface area contributed by atoms with Gasteiger partial charge in [-0.05, 0) is 0 Å². The van der Waals surface area contributed by atoms with E-state index in [0.717, 1.165) is 5.16 Å². The van der Waals surface area contributed by atoms with Crippen molar-refractivity contribution in [2.24, 2.45) is 0 Å². The van der Waals surface area contributed by atoms with Crippen molar-refractivity contribution in [2.75, 3.05) is 0 Å².